The molecule has 0 bridgehead atoms. The van der Waals surface area contributed by atoms with E-state index >= 15 is 0 Å². The Morgan fingerprint density at radius 2 is 1.24 bits per heavy atom. The molecule has 0 radical (unpaired) electrons. The van der Waals surface area contributed by atoms with Crippen LogP contribution in [0.2, 0.25) is 20.1 Å². The summed E-state index contributed by atoms with van der Waals surface area (Å²) in [5.74, 6) is -3.66. The number of aliphatic hydroxyl groups is 1. The third kappa shape index (κ3) is 5.02. The van der Waals surface area contributed by atoms with E-state index in [1.807, 2.05) is 6.07 Å². The molecule has 1 aliphatic carbocycles. The van der Waals surface area contributed by atoms with Crippen molar-refractivity contribution in [3.8, 4) is 12.1 Å². The minimum Gasteiger partial charge on any atom is -0.384 e. The van der Waals surface area contributed by atoms with Crippen molar-refractivity contribution in [3.05, 3.63) is 139 Å². The first kappa shape index (κ1) is 29.2. The fourth-order valence-electron chi connectivity index (χ4n) is 6.12. The van der Waals surface area contributed by atoms with E-state index < -0.39 is 34.6 Å². The average Bonchev–Trinajstić information content (AvgIpc) is 3.00. The molecule has 0 amide bonds. The van der Waals surface area contributed by atoms with Crippen LogP contribution in [0.25, 0.3) is 0 Å². The molecule has 204 valence electrons. The molecule has 0 spiro atoms. The van der Waals surface area contributed by atoms with Gasteiger partial charge in [0.05, 0.1) is 38.1 Å². The van der Waals surface area contributed by atoms with Gasteiger partial charge in [0.15, 0.2) is 11.2 Å². The maximum Gasteiger partial charge on any atom is 0.169 e. The molecule has 41 heavy (non-hydrogen) atoms. The molecular weight excluding hydrogens is 598 g/mol. The molecular formula is C33H22Cl4N2O2. The number of halogens is 4. The molecule has 4 aromatic carbocycles. The molecule has 0 heterocycles. The lowest BCUT2D eigenvalue weighted by Gasteiger charge is -2.53. The van der Waals surface area contributed by atoms with Crippen molar-refractivity contribution in [2.45, 2.75) is 23.9 Å². The molecule has 4 nitrogen and oxygen atoms in total. The fourth-order valence-corrected chi connectivity index (χ4v) is 6.73. The maximum absolute atomic E-state index is 14.5. The number of carbonyl (C=O) groups excluding carboxylic acids is 1. The smallest absolute Gasteiger partial charge is 0.169 e. The van der Waals surface area contributed by atoms with Gasteiger partial charge in [0.25, 0.3) is 0 Å². The topological polar surface area (TPSA) is 84.9 Å². The minimum absolute atomic E-state index is 0.114. The van der Waals surface area contributed by atoms with Crippen molar-refractivity contribution in [2.24, 2.45) is 11.3 Å². The predicted molar refractivity (Wildman–Crippen MR) is 161 cm³/mol. The summed E-state index contributed by atoms with van der Waals surface area (Å²) in [7, 11) is 0. The number of rotatable bonds is 5. The molecule has 1 saturated carbocycles. The first-order chi connectivity index (χ1) is 19.7. The van der Waals surface area contributed by atoms with Gasteiger partial charge in [0.1, 0.15) is 5.60 Å². The molecule has 0 saturated heterocycles. The van der Waals surface area contributed by atoms with Crippen LogP contribution in [-0.4, -0.2) is 10.9 Å². The van der Waals surface area contributed by atoms with Crippen LogP contribution < -0.4 is 0 Å². The van der Waals surface area contributed by atoms with Crippen LogP contribution in [0.4, 0.5) is 0 Å². The number of benzene rings is 4. The number of ketones is 1. The first-order valence-corrected chi connectivity index (χ1v) is 14.3. The van der Waals surface area contributed by atoms with E-state index in [9.17, 15) is 20.4 Å². The minimum atomic E-state index is -1.83. The summed E-state index contributed by atoms with van der Waals surface area (Å²) in [5, 5.41) is 35.6. The summed E-state index contributed by atoms with van der Waals surface area (Å²) in [5.41, 5.74) is -1.85. The van der Waals surface area contributed by atoms with E-state index in [2.05, 4.69) is 12.1 Å². The van der Waals surface area contributed by atoms with Crippen LogP contribution in [0, 0.1) is 34.0 Å². The van der Waals surface area contributed by atoms with Gasteiger partial charge in [-0.3, -0.25) is 4.79 Å². The summed E-state index contributed by atoms with van der Waals surface area (Å²) in [6.07, 6.45) is -0.114. The Kier molecular flexibility index (Phi) is 8.18. The highest BCUT2D eigenvalue weighted by atomic mass is 35.5. The lowest BCUT2D eigenvalue weighted by atomic mass is 9.48. The second-order valence-electron chi connectivity index (χ2n) is 10.2. The van der Waals surface area contributed by atoms with Crippen LogP contribution in [0.5, 0.6) is 0 Å². The standard InChI is InChI=1S/C33H22Cl4N2O2/c34-25-13-11-21(15-27(25)36)24-17-33(41,23-9-5-2-6-10-23)30(31(40)20-7-3-1-4-8-20)29(32(24,18-38)19-39)22-12-14-26(35)28(37)16-22/h1-16,24,29-30,41H,17H2. The number of Topliss-reactive ketones (excluding diaryl/α,β-unsaturated/α-hetero) is 1. The highest BCUT2D eigenvalue weighted by Crippen LogP contribution is 2.63. The Morgan fingerprint density at radius 1 is 0.732 bits per heavy atom. The normalized spacial score (nSPS) is 23.2. The van der Waals surface area contributed by atoms with E-state index in [1.54, 1.807) is 91.0 Å². The van der Waals surface area contributed by atoms with Crippen molar-refractivity contribution >= 4 is 52.2 Å². The molecule has 1 fully saturated rings. The SMILES string of the molecule is N#CC1(C#N)C(c2ccc(Cl)c(Cl)c2)CC(O)(c2ccccc2)C(C(=O)c2ccccc2)C1c1ccc(Cl)c(Cl)c1. The number of nitrogens with zero attached hydrogens (tertiary/aromatic N) is 2. The van der Waals surface area contributed by atoms with E-state index in [4.69, 9.17) is 46.4 Å². The highest BCUT2D eigenvalue weighted by Gasteiger charge is 2.64. The van der Waals surface area contributed by atoms with Gasteiger partial charge in [-0.05, 0) is 47.4 Å². The van der Waals surface area contributed by atoms with Gasteiger partial charge in [-0.1, -0.05) is 119 Å². The largest absolute Gasteiger partial charge is 0.384 e. The molecule has 4 unspecified atom stereocenters. The zero-order chi connectivity index (χ0) is 29.4. The van der Waals surface area contributed by atoms with E-state index in [0.29, 0.717) is 27.3 Å². The Bertz CT molecular complexity index is 1680. The zero-order valence-corrected chi connectivity index (χ0v) is 24.5. The molecule has 8 heteroatoms. The summed E-state index contributed by atoms with van der Waals surface area (Å²) in [6.45, 7) is 0. The molecule has 4 aromatic rings. The maximum atomic E-state index is 14.5. The van der Waals surface area contributed by atoms with Crippen LogP contribution in [-0.2, 0) is 5.60 Å². The highest BCUT2D eigenvalue weighted by molar-refractivity contribution is 6.42. The van der Waals surface area contributed by atoms with Crippen LogP contribution >= 0.6 is 46.4 Å². The lowest BCUT2D eigenvalue weighted by molar-refractivity contribution is -0.0783. The van der Waals surface area contributed by atoms with Crippen LogP contribution in [0.1, 0.15) is 45.3 Å². The van der Waals surface area contributed by atoms with Gasteiger partial charge in [-0.2, -0.15) is 10.5 Å². The number of hydrogen-bond donors (Lipinski definition) is 1. The summed E-state index contributed by atoms with van der Waals surface area (Å²) in [6, 6.07) is 31.6. The van der Waals surface area contributed by atoms with Gasteiger partial charge in [-0.25, -0.2) is 0 Å². The van der Waals surface area contributed by atoms with Gasteiger partial charge in [0, 0.05) is 17.4 Å². The molecule has 1 N–H and O–H groups in total. The van der Waals surface area contributed by atoms with Gasteiger partial charge in [-0.15, -0.1) is 0 Å². The number of carbonyl (C=O) groups is 1. The molecule has 1 aliphatic rings. The zero-order valence-electron chi connectivity index (χ0n) is 21.4. The van der Waals surface area contributed by atoms with Crippen molar-refractivity contribution in [1.29, 1.82) is 10.5 Å². The van der Waals surface area contributed by atoms with Crippen molar-refractivity contribution in [3.63, 3.8) is 0 Å². The van der Waals surface area contributed by atoms with Crippen molar-refractivity contribution in [2.75, 3.05) is 0 Å². The van der Waals surface area contributed by atoms with Crippen molar-refractivity contribution in [1.82, 2.24) is 0 Å². The summed E-state index contributed by atoms with van der Waals surface area (Å²) >= 11 is 25.3. The van der Waals surface area contributed by atoms with Crippen molar-refractivity contribution < 1.29 is 9.90 Å². The summed E-state index contributed by atoms with van der Waals surface area (Å²) < 4.78 is 0. The second kappa shape index (κ2) is 11.5. The predicted octanol–water partition coefficient (Wildman–Crippen LogP) is 8.99. The third-order valence-electron chi connectivity index (χ3n) is 8.04. The summed E-state index contributed by atoms with van der Waals surface area (Å²) in [4.78, 5) is 14.5. The Labute approximate surface area is 258 Å². The second-order valence-corrected chi connectivity index (χ2v) is 11.8. The number of nitriles is 2. The Hall–Kier alpha value is -3.35. The first-order valence-electron chi connectivity index (χ1n) is 12.8. The number of hydrogen-bond acceptors (Lipinski definition) is 4. The van der Waals surface area contributed by atoms with Gasteiger partial charge >= 0.3 is 0 Å². The molecule has 5 rings (SSSR count). The van der Waals surface area contributed by atoms with Gasteiger partial charge in [0.2, 0.25) is 0 Å². The average molecular weight is 620 g/mol. The Balaban J connectivity index is 1.88. The Morgan fingerprint density at radius 3 is 1.78 bits per heavy atom. The van der Waals surface area contributed by atoms with E-state index in [1.165, 1.54) is 0 Å². The van der Waals surface area contributed by atoms with E-state index in [0.717, 1.165) is 0 Å². The molecule has 0 aromatic heterocycles. The molecule has 0 aliphatic heterocycles. The molecule has 4 atom stereocenters. The third-order valence-corrected chi connectivity index (χ3v) is 9.51. The van der Waals surface area contributed by atoms with Crippen LogP contribution in [0.3, 0.4) is 0 Å². The van der Waals surface area contributed by atoms with Crippen LogP contribution in [0.15, 0.2) is 97.1 Å². The lowest BCUT2D eigenvalue weighted by Crippen LogP contribution is -2.55. The van der Waals surface area contributed by atoms with E-state index in [-0.39, 0.29) is 21.5 Å². The fraction of sp³-hybridized carbons (Fsp3) is 0.182. The van der Waals surface area contributed by atoms with Gasteiger partial charge < -0.3 is 5.11 Å². The monoisotopic (exact) mass is 618 g/mol. The quantitative estimate of drug-likeness (QED) is 0.226.